The Morgan fingerprint density at radius 1 is 1.11 bits per heavy atom. The van der Waals surface area contributed by atoms with E-state index in [-0.39, 0.29) is 12.3 Å². The SMILES string of the molecule is CCOc1ccccc1-c1csc(NC(=O)Cc2csc(-c3ccsc3)n2)n1. The van der Waals surface area contributed by atoms with Gasteiger partial charge >= 0.3 is 0 Å². The highest BCUT2D eigenvalue weighted by molar-refractivity contribution is 7.14. The van der Waals surface area contributed by atoms with Crippen molar-refractivity contribution in [3.8, 4) is 27.6 Å². The molecule has 0 atom stereocenters. The number of para-hydroxylation sites is 1. The van der Waals surface area contributed by atoms with Crippen molar-refractivity contribution in [3.63, 3.8) is 0 Å². The van der Waals surface area contributed by atoms with Crippen LogP contribution < -0.4 is 10.1 Å². The molecule has 5 nitrogen and oxygen atoms in total. The third kappa shape index (κ3) is 4.30. The summed E-state index contributed by atoms with van der Waals surface area (Å²) in [5.41, 5.74) is 3.57. The summed E-state index contributed by atoms with van der Waals surface area (Å²) in [5, 5.41) is 12.3. The van der Waals surface area contributed by atoms with Gasteiger partial charge in [-0.15, -0.1) is 22.7 Å². The fourth-order valence-corrected chi connectivity index (χ4v) is 4.91. The molecule has 8 heteroatoms. The number of hydrogen-bond donors (Lipinski definition) is 1. The number of nitrogens with one attached hydrogen (secondary N) is 1. The number of carbonyl (C=O) groups excluding carboxylic acids is 1. The first-order valence-electron chi connectivity index (χ1n) is 8.67. The van der Waals surface area contributed by atoms with Crippen molar-refractivity contribution < 1.29 is 9.53 Å². The molecule has 4 rings (SSSR count). The molecule has 1 aromatic carbocycles. The van der Waals surface area contributed by atoms with E-state index in [2.05, 4.69) is 20.7 Å². The average Bonchev–Trinajstić information content (AvgIpc) is 3.44. The van der Waals surface area contributed by atoms with Crippen molar-refractivity contribution in [1.82, 2.24) is 9.97 Å². The lowest BCUT2D eigenvalue weighted by Gasteiger charge is -2.07. The minimum absolute atomic E-state index is 0.124. The van der Waals surface area contributed by atoms with E-state index < -0.39 is 0 Å². The number of aromatic nitrogens is 2. The number of nitrogens with zero attached hydrogens (tertiary/aromatic N) is 2. The second kappa shape index (κ2) is 8.64. The smallest absolute Gasteiger partial charge is 0.232 e. The topological polar surface area (TPSA) is 64.1 Å². The van der Waals surface area contributed by atoms with Gasteiger partial charge in [0.25, 0.3) is 0 Å². The number of amides is 1. The number of thiophene rings is 1. The van der Waals surface area contributed by atoms with Crippen LogP contribution in [-0.4, -0.2) is 22.5 Å². The molecule has 0 aliphatic heterocycles. The first-order chi connectivity index (χ1) is 13.7. The van der Waals surface area contributed by atoms with Crippen LogP contribution in [0.1, 0.15) is 12.6 Å². The molecule has 0 spiro atoms. The summed E-state index contributed by atoms with van der Waals surface area (Å²) in [4.78, 5) is 21.5. The molecular weight excluding hydrogens is 410 g/mol. The van der Waals surface area contributed by atoms with Gasteiger partial charge in [0.2, 0.25) is 5.91 Å². The van der Waals surface area contributed by atoms with Crippen LogP contribution in [0.3, 0.4) is 0 Å². The second-order valence-electron chi connectivity index (χ2n) is 5.85. The van der Waals surface area contributed by atoms with E-state index in [0.29, 0.717) is 11.7 Å². The number of anilines is 1. The van der Waals surface area contributed by atoms with Crippen molar-refractivity contribution in [3.05, 3.63) is 57.5 Å². The van der Waals surface area contributed by atoms with Crippen LogP contribution in [-0.2, 0) is 11.2 Å². The van der Waals surface area contributed by atoms with Gasteiger partial charge in [-0.05, 0) is 30.5 Å². The molecule has 142 valence electrons. The minimum atomic E-state index is -0.124. The Bertz CT molecular complexity index is 1070. The molecular formula is C20H17N3O2S3. The van der Waals surface area contributed by atoms with Crippen LogP contribution in [0.25, 0.3) is 21.8 Å². The Hall–Kier alpha value is -2.55. The van der Waals surface area contributed by atoms with Gasteiger partial charge in [0.15, 0.2) is 5.13 Å². The van der Waals surface area contributed by atoms with E-state index in [1.165, 1.54) is 11.3 Å². The summed E-state index contributed by atoms with van der Waals surface area (Å²) < 4.78 is 5.66. The fraction of sp³-hybridized carbons (Fsp3) is 0.150. The zero-order valence-corrected chi connectivity index (χ0v) is 17.5. The summed E-state index contributed by atoms with van der Waals surface area (Å²) in [6.45, 7) is 2.54. The Balaban J connectivity index is 1.42. The number of benzene rings is 1. The minimum Gasteiger partial charge on any atom is -0.493 e. The van der Waals surface area contributed by atoms with Crippen LogP contribution in [0, 0.1) is 0 Å². The zero-order valence-electron chi connectivity index (χ0n) is 15.0. The lowest BCUT2D eigenvalue weighted by molar-refractivity contribution is -0.115. The monoisotopic (exact) mass is 427 g/mol. The van der Waals surface area contributed by atoms with E-state index in [1.807, 2.05) is 53.4 Å². The zero-order chi connectivity index (χ0) is 19.3. The van der Waals surface area contributed by atoms with Crippen LogP contribution in [0.4, 0.5) is 5.13 Å². The quantitative estimate of drug-likeness (QED) is 0.418. The van der Waals surface area contributed by atoms with E-state index >= 15 is 0 Å². The summed E-state index contributed by atoms with van der Waals surface area (Å²) in [7, 11) is 0. The Kier molecular flexibility index (Phi) is 5.80. The van der Waals surface area contributed by atoms with Gasteiger partial charge in [-0.3, -0.25) is 4.79 Å². The summed E-state index contributed by atoms with van der Waals surface area (Å²) in [6.07, 6.45) is 0.227. The van der Waals surface area contributed by atoms with E-state index in [4.69, 9.17) is 4.74 Å². The highest BCUT2D eigenvalue weighted by Crippen LogP contribution is 2.32. The standard InChI is InChI=1S/C20H17N3O2S3/c1-2-25-17-6-4-3-5-15(17)16-12-28-20(22-16)23-18(24)9-14-11-27-19(21-14)13-7-8-26-10-13/h3-8,10-12H,2,9H2,1H3,(H,22,23,24). The van der Waals surface area contributed by atoms with Gasteiger partial charge in [0.05, 0.1) is 24.4 Å². The first-order valence-corrected chi connectivity index (χ1v) is 11.4. The molecule has 0 aliphatic rings. The van der Waals surface area contributed by atoms with E-state index in [9.17, 15) is 4.79 Å². The summed E-state index contributed by atoms with van der Waals surface area (Å²) >= 11 is 4.59. The second-order valence-corrected chi connectivity index (χ2v) is 8.34. The summed E-state index contributed by atoms with van der Waals surface area (Å²) in [6, 6.07) is 9.80. The Labute approximate surface area is 174 Å². The lowest BCUT2D eigenvalue weighted by atomic mass is 10.1. The van der Waals surface area contributed by atoms with Gasteiger partial charge in [-0.2, -0.15) is 11.3 Å². The third-order valence-electron chi connectivity index (χ3n) is 3.87. The molecule has 4 aromatic rings. The molecule has 3 heterocycles. The maximum Gasteiger partial charge on any atom is 0.232 e. The van der Waals surface area contributed by atoms with Crippen molar-refractivity contribution in [2.45, 2.75) is 13.3 Å². The van der Waals surface area contributed by atoms with Gasteiger partial charge in [0, 0.05) is 27.3 Å². The highest BCUT2D eigenvalue weighted by atomic mass is 32.1. The Morgan fingerprint density at radius 3 is 2.82 bits per heavy atom. The van der Waals surface area contributed by atoms with Crippen LogP contribution in [0.5, 0.6) is 5.75 Å². The normalized spacial score (nSPS) is 10.8. The predicted octanol–water partition coefficient (Wildman–Crippen LogP) is 5.58. The molecule has 0 saturated carbocycles. The molecule has 0 bridgehead atoms. The maximum atomic E-state index is 12.4. The number of hydrogen-bond acceptors (Lipinski definition) is 7. The molecule has 28 heavy (non-hydrogen) atoms. The van der Waals surface area contributed by atoms with Gasteiger partial charge < -0.3 is 10.1 Å². The molecule has 0 unspecified atom stereocenters. The van der Waals surface area contributed by atoms with Crippen molar-refractivity contribution in [1.29, 1.82) is 0 Å². The molecule has 0 aliphatic carbocycles. The molecule has 1 N–H and O–H groups in total. The highest BCUT2D eigenvalue weighted by Gasteiger charge is 2.13. The number of carbonyl (C=O) groups is 1. The predicted molar refractivity (Wildman–Crippen MR) is 116 cm³/mol. The van der Waals surface area contributed by atoms with Crippen LogP contribution >= 0.6 is 34.0 Å². The van der Waals surface area contributed by atoms with Gasteiger partial charge in [-0.25, -0.2) is 9.97 Å². The number of rotatable bonds is 7. The lowest BCUT2D eigenvalue weighted by Crippen LogP contribution is -2.14. The fourth-order valence-electron chi connectivity index (χ4n) is 2.65. The largest absolute Gasteiger partial charge is 0.493 e. The molecule has 0 radical (unpaired) electrons. The average molecular weight is 428 g/mol. The Morgan fingerprint density at radius 2 is 2.00 bits per heavy atom. The van der Waals surface area contributed by atoms with Gasteiger partial charge in [-0.1, -0.05) is 12.1 Å². The van der Waals surface area contributed by atoms with Crippen LogP contribution in [0.2, 0.25) is 0 Å². The third-order valence-corrected chi connectivity index (χ3v) is 6.26. The number of thiazole rings is 2. The molecule has 0 saturated heterocycles. The molecule has 0 fully saturated rings. The number of ether oxygens (including phenoxy) is 1. The van der Waals surface area contributed by atoms with Crippen LogP contribution in [0.15, 0.2) is 51.9 Å². The van der Waals surface area contributed by atoms with Crippen molar-refractivity contribution in [2.24, 2.45) is 0 Å². The van der Waals surface area contributed by atoms with Crippen molar-refractivity contribution >= 4 is 45.0 Å². The van der Waals surface area contributed by atoms with E-state index in [0.717, 1.165) is 33.3 Å². The molecule has 3 aromatic heterocycles. The molecule has 1 amide bonds. The van der Waals surface area contributed by atoms with Crippen molar-refractivity contribution in [2.75, 3.05) is 11.9 Å². The first kappa shape index (κ1) is 18.8. The summed E-state index contributed by atoms with van der Waals surface area (Å²) in [5.74, 6) is 0.665. The maximum absolute atomic E-state index is 12.4. The van der Waals surface area contributed by atoms with E-state index in [1.54, 1.807) is 22.7 Å². The van der Waals surface area contributed by atoms with Gasteiger partial charge in [0.1, 0.15) is 10.8 Å².